The first kappa shape index (κ1) is 15.3. The second kappa shape index (κ2) is 6.28. The minimum atomic E-state index is -3.35. The zero-order chi connectivity index (χ0) is 15.6. The topological polar surface area (TPSA) is 69.6 Å². The summed E-state index contributed by atoms with van der Waals surface area (Å²) in [4.78, 5) is 0. The number of anilines is 1. The lowest BCUT2D eigenvalue weighted by molar-refractivity contribution is 0.330. The lowest BCUT2D eigenvalue weighted by Gasteiger charge is -2.31. The van der Waals surface area contributed by atoms with Gasteiger partial charge in [0.2, 0.25) is 0 Å². The quantitative estimate of drug-likeness (QED) is 0.841. The zero-order valence-electron chi connectivity index (χ0n) is 12.0. The maximum absolute atomic E-state index is 12.4. The largest absolute Gasteiger partial charge is 0.506 e. The fraction of sp³-hybridized carbons (Fsp3) is 0.333. The fourth-order valence-electron chi connectivity index (χ4n) is 2.59. The number of benzene rings is 1. The normalized spacial score (nSPS) is 17.5. The maximum atomic E-state index is 12.4. The third-order valence-electron chi connectivity index (χ3n) is 3.81. The van der Waals surface area contributed by atoms with Gasteiger partial charge >= 0.3 is 0 Å². The van der Waals surface area contributed by atoms with Crippen molar-refractivity contribution in [2.45, 2.75) is 23.1 Å². The molecule has 7 heteroatoms. The van der Waals surface area contributed by atoms with Crippen molar-refractivity contribution < 1.29 is 13.5 Å². The average Bonchev–Trinajstić information content (AvgIpc) is 3.05. The summed E-state index contributed by atoms with van der Waals surface area (Å²) in [6.07, 6.45) is 1.44. The highest BCUT2D eigenvalue weighted by Crippen LogP contribution is 2.27. The lowest BCUT2D eigenvalue weighted by atomic mass is 10.1. The Morgan fingerprint density at radius 3 is 2.50 bits per heavy atom. The Bertz CT molecular complexity index is 721. The van der Waals surface area contributed by atoms with Gasteiger partial charge in [0, 0.05) is 19.1 Å². The van der Waals surface area contributed by atoms with E-state index >= 15 is 0 Å². The number of hydrogen-bond donors (Lipinski definition) is 2. The average molecular weight is 338 g/mol. The van der Waals surface area contributed by atoms with E-state index in [4.69, 9.17) is 0 Å². The van der Waals surface area contributed by atoms with Crippen LogP contribution >= 0.6 is 11.3 Å². The Balaban J connectivity index is 1.62. The number of sulfonamides is 1. The summed E-state index contributed by atoms with van der Waals surface area (Å²) in [5, 5.41) is 14.8. The van der Waals surface area contributed by atoms with Gasteiger partial charge < -0.3 is 10.4 Å². The smallest absolute Gasteiger partial charge is 0.252 e. The fourth-order valence-corrected chi connectivity index (χ4v) is 5.21. The summed E-state index contributed by atoms with van der Waals surface area (Å²) < 4.78 is 26.8. The number of nitrogens with zero attached hydrogens (tertiary/aromatic N) is 1. The molecule has 2 aromatic rings. The summed E-state index contributed by atoms with van der Waals surface area (Å²) in [5.74, 6) is 0.219. The van der Waals surface area contributed by atoms with Crippen LogP contribution in [-0.2, 0) is 10.0 Å². The van der Waals surface area contributed by atoms with Crippen molar-refractivity contribution in [1.29, 1.82) is 0 Å². The van der Waals surface area contributed by atoms with E-state index in [1.807, 2.05) is 12.1 Å². The second-order valence-electron chi connectivity index (χ2n) is 5.27. The van der Waals surface area contributed by atoms with Gasteiger partial charge in [-0.3, -0.25) is 0 Å². The Hall–Kier alpha value is -1.57. The standard InChI is InChI=1S/C15H18N2O3S2/c18-14-5-2-1-4-13(14)16-12-7-9-17(10-8-12)22(19,20)15-6-3-11-21-15/h1-6,11-12,16,18H,7-10H2. The minimum absolute atomic E-state index is 0.170. The van der Waals surface area contributed by atoms with Crippen LogP contribution in [-0.4, -0.2) is 37.0 Å². The van der Waals surface area contributed by atoms with E-state index in [0.717, 1.165) is 12.8 Å². The van der Waals surface area contributed by atoms with E-state index in [-0.39, 0.29) is 11.8 Å². The van der Waals surface area contributed by atoms with Gasteiger partial charge in [-0.05, 0) is 36.4 Å². The van der Waals surface area contributed by atoms with Gasteiger partial charge in [-0.1, -0.05) is 18.2 Å². The van der Waals surface area contributed by atoms with E-state index in [1.54, 1.807) is 34.0 Å². The van der Waals surface area contributed by atoms with Crippen LogP contribution in [0.25, 0.3) is 0 Å². The Morgan fingerprint density at radius 2 is 1.86 bits per heavy atom. The monoisotopic (exact) mass is 338 g/mol. The first-order valence-electron chi connectivity index (χ1n) is 7.15. The predicted octanol–water partition coefficient (Wildman–Crippen LogP) is 2.72. The molecular formula is C15H18N2O3S2. The van der Waals surface area contributed by atoms with Crippen LogP contribution in [0.1, 0.15) is 12.8 Å². The number of rotatable bonds is 4. The van der Waals surface area contributed by atoms with Crippen LogP contribution in [0.15, 0.2) is 46.0 Å². The molecule has 2 N–H and O–H groups in total. The summed E-state index contributed by atoms with van der Waals surface area (Å²) >= 11 is 1.25. The number of hydrogen-bond acceptors (Lipinski definition) is 5. The SMILES string of the molecule is O=S(=O)(c1cccs1)N1CCC(Nc2ccccc2O)CC1. The van der Waals surface area contributed by atoms with Crippen LogP contribution in [0.3, 0.4) is 0 Å². The molecule has 1 fully saturated rings. The lowest BCUT2D eigenvalue weighted by Crippen LogP contribution is -2.42. The van der Waals surface area contributed by atoms with Crippen LogP contribution < -0.4 is 5.32 Å². The Morgan fingerprint density at radius 1 is 1.14 bits per heavy atom. The Kier molecular flexibility index (Phi) is 4.37. The van der Waals surface area contributed by atoms with Crippen molar-refractivity contribution in [2.24, 2.45) is 0 Å². The number of phenolic OH excluding ortho intramolecular Hbond substituents is 1. The van der Waals surface area contributed by atoms with Gasteiger partial charge in [0.05, 0.1) is 5.69 Å². The molecule has 3 rings (SSSR count). The number of para-hydroxylation sites is 2. The molecule has 0 saturated carbocycles. The molecule has 1 aromatic heterocycles. The summed E-state index contributed by atoms with van der Waals surface area (Å²) in [6.45, 7) is 0.983. The molecule has 22 heavy (non-hydrogen) atoms. The van der Waals surface area contributed by atoms with Crippen molar-refractivity contribution in [2.75, 3.05) is 18.4 Å². The first-order valence-corrected chi connectivity index (χ1v) is 9.47. The highest BCUT2D eigenvalue weighted by Gasteiger charge is 2.30. The molecule has 0 atom stereocenters. The van der Waals surface area contributed by atoms with Gasteiger partial charge in [0.15, 0.2) is 0 Å². The van der Waals surface area contributed by atoms with Gasteiger partial charge in [-0.25, -0.2) is 8.42 Å². The summed E-state index contributed by atoms with van der Waals surface area (Å²) in [5.41, 5.74) is 0.696. The minimum Gasteiger partial charge on any atom is -0.506 e. The predicted molar refractivity (Wildman–Crippen MR) is 87.8 cm³/mol. The molecule has 0 bridgehead atoms. The number of aromatic hydroxyl groups is 1. The molecule has 0 spiro atoms. The van der Waals surface area contributed by atoms with Crippen molar-refractivity contribution in [3.63, 3.8) is 0 Å². The van der Waals surface area contributed by atoms with E-state index < -0.39 is 10.0 Å². The van der Waals surface area contributed by atoms with Crippen LogP contribution in [0.2, 0.25) is 0 Å². The first-order chi connectivity index (χ1) is 10.6. The van der Waals surface area contributed by atoms with Gasteiger partial charge in [-0.15, -0.1) is 11.3 Å². The van der Waals surface area contributed by atoms with Gasteiger partial charge in [0.25, 0.3) is 10.0 Å². The van der Waals surface area contributed by atoms with Crippen molar-refractivity contribution >= 4 is 27.0 Å². The van der Waals surface area contributed by atoms with E-state index in [2.05, 4.69) is 5.32 Å². The van der Waals surface area contributed by atoms with Crippen molar-refractivity contribution in [3.8, 4) is 5.75 Å². The summed E-state index contributed by atoms with van der Waals surface area (Å²) in [6, 6.07) is 10.7. The number of thiophene rings is 1. The molecule has 1 saturated heterocycles. The van der Waals surface area contributed by atoms with Crippen molar-refractivity contribution in [3.05, 3.63) is 41.8 Å². The third kappa shape index (κ3) is 3.11. The molecule has 2 heterocycles. The molecule has 0 amide bonds. The van der Waals surface area contributed by atoms with Crippen LogP contribution in [0, 0.1) is 0 Å². The number of piperidine rings is 1. The van der Waals surface area contributed by atoms with E-state index in [0.29, 0.717) is 23.0 Å². The van der Waals surface area contributed by atoms with Gasteiger partial charge in [0.1, 0.15) is 9.96 Å². The Labute approximate surface area is 134 Å². The van der Waals surface area contributed by atoms with Crippen LogP contribution in [0.4, 0.5) is 5.69 Å². The highest BCUT2D eigenvalue weighted by molar-refractivity contribution is 7.91. The van der Waals surface area contributed by atoms with Gasteiger partial charge in [-0.2, -0.15) is 4.31 Å². The molecule has 1 aromatic carbocycles. The van der Waals surface area contributed by atoms with E-state index in [9.17, 15) is 13.5 Å². The molecule has 0 aliphatic carbocycles. The molecule has 118 valence electrons. The number of nitrogens with one attached hydrogen (secondary N) is 1. The second-order valence-corrected chi connectivity index (χ2v) is 8.38. The third-order valence-corrected chi connectivity index (χ3v) is 7.08. The molecule has 5 nitrogen and oxygen atoms in total. The highest BCUT2D eigenvalue weighted by atomic mass is 32.2. The van der Waals surface area contributed by atoms with Crippen LogP contribution in [0.5, 0.6) is 5.75 Å². The summed E-state index contributed by atoms with van der Waals surface area (Å²) in [7, 11) is -3.35. The molecular weight excluding hydrogens is 320 g/mol. The molecule has 0 radical (unpaired) electrons. The molecule has 1 aliphatic rings. The molecule has 1 aliphatic heterocycles. The van der Waals surface area contributed by atoms with Crippen molar-refractivity contribution in [1.82, 2.24) is 4.31 Å². The maximum Gasteiger partial charge on any atom is 0.252 e. The zero-order valence-corrected chi connectivity index (χ0v) is 13.6. The molecule has 0 unspecified atom stereocenters. The van der Waals surface area contributed by atoms with E-state index in [1.165, 1.54) is 11.3 Å². The number of phenols is 1.